The first-order valence-electron chi connectivity index (χ1n) is 6.20. The highest BCUT2D eigenvalue weighted by molar-refractivity contribution is 8.13. The third-order valence-corrected chi connectivity index (χ3v) is 3.58. The number of carbonyl (C=O) groups is 2. The van der Waals surface area contributed by atoms with E-state index in [0.717, 1.165) is 0 Å². The highest BCUT2D eigenvalue weighted by Gasteiger charge is 2.46. The van der Waals surface area contributed by atoms with Crippen LogP contribution < -0.4 is 0 Å². The lowest BCUT2D eigenvalue weighted by Gasteiger charge is -2.45. The molecule has 0 aromatic heterocycles. The molecule has 1 amide bonds. The Morgan fingerprint density at radius 3 is 2.42 bits per heavy atom. The first-order valence-corrected chi connectivity index (χ1v) is 7.19. The first-order chi connectivity index (χ1) is 8.67. The van der Waals surface area contributed by atoms with Crippen LogP contribution in [0.25, 0.3) is 0 Å². The van der Waals surface area contributed by atoms with E-state index >= 15 is 0 Å². The topological polar surface area (TPSA) is 70.4 Å². The summed E-state index contributed by atoms with van der Waals surface area (Å²) in [5, 5.41) is 9.26. The van der Waals surface area contributed by atoms with Crippen molar-refractivity contribution in [2.45, 2.75) is 39.7 Å². The summed E-state index contributed by atoms with van der Waals surface area (Å²) in [5.41, 5.74) is -1.04. The van der Waals surface area contributed by atoms with E-state index in [2.05, 4.69) is 6.07 Å². The van der Waals surface area contributed by atoms with Crippen molar-refractivity contribution >= 4 is 23.0 Å². The smallest absolute Gasteiger partial charge is 0.410 e. The van der Waals surface area contributed by atoms with Crippen molar-refractivity contribution in [2.75, 3.05) is 18.8 Å². The number of nitriles is 1. The molecule has 0 atom stereocenters. The van der Waals surface area contributed by atoms with Gasteiger partial charge in [0, 0.05) is 25.8 Å². The molecule has 0 aromatic carbocycles. The third-order valence-electron chi connectivity index (χ3n) is 2.76. The molecule has 1 saturated heterocycles. The normalized spacial score (nSPS) is 17.3. The first kappa shape index (κ1) is 15.8. The van der Waals surface area contributed by atoms with Gasteiger partial charge >= 0.3 is 6.09 Å². The average molecular weight is 284 g/mol. The van der Waals surface area contributed by atoms with Crippen molar-refractivity contribution in [3.63, 3.8) is 0 Å². The molecule has 0 unspecified atom stereocenters. The molecule has 0 aromatic rings. The van der Waals surface area contributed by atoms with Crippen LogP contribution in [0.1, 0.15) is 34.1 Å². The number of hydrogen-bond acceptors (Lipinski definition) is 5. The lowest BCUT2D eigenvalue weighted by atomic mass is 9.79. The van der Waals surface area contributed by atoms with Gasteiger partial charge in [0.1, 0.15) is 5.60 Å². The number of amides is 1. The summed E-state index contributed by atoms with van der Waals surface area (Å²) in [6.07, 6.45) is 0.241. The summed E-state index contributed by atoms with van der Waals surface area (Å²) in [4.78, 5) is 24.1. The summed E-state index contributed by atoms with van der Waals surface area (Å²) in [6, 6.07) is 2.26. The summed E-state index contributed by atoms with van der Waals surface area (Å²) in [7, 11) is 0. The van der Waals surface area contributed by atoms with Gasteiger partial charge in [-0.3, -0.25) is 4.79 Å². The number of nitrogens with zero attached hydrogens (tertiary/aromatic N) is 2. The van der Waals surface area contributed by atoms with E-state index in [1.807, 2.05) is 20.8 Å². The van der Waals surface area contributed by atoms with Gasteiger partial charge in [0.25, 0.3) is 0 Å². The highest BCUT2D eigenvalue weighted by Crippen LogP contribution is 2.35. The molecule has 1 aliphatic rings. The second-order valence-electron chi connectivity index (χ2n) is 5.82. The Hall–Kier alpha value is -1.22. The van der Waals surface area contributed by atoms with Gasteiger partial charge in [-0.05, 0) is 27.2 Å². The molecule has 0 bridgehead atoms. The van der Waals surface area contributed by atoms with E-state index in [4.69, 9.17) is 4.74 Å². The molecule has 0 radical (unpaired) electrons. The standard InChI is InChI=1S/C13H20N2O3S/c1-10(16)19-6-5-13(7-14)8-15(9-13)11(17)18-12(2,3)4/h5-6,8-9H2,1-4H3. The minimum Gasteiger partial charge on any atom is -0.444 e. The largest absolute Gasteiger partial charge is 0.444 e. The van der Waals surface area contributed by atoms with Crippen LogP contribution in [0.4, 0.5) is 4.79 Å². The zero-order chi connectivity index (χ0) is 14.7. The predicted molar refractivity (Wildman–Crippen MR) is 73.6 cm³/mol. The summed E-state index contributed by atoms with van der Waals surface area (Å²) in [5.74, 6) is 0.616. The molecule has 1 aliphatic heterocycles. The number of rotatable bonds is 3. The van der Waals surface area contributed by atoms with Crippen molar-refractivity contribution in [3.05, 3.63) is 0 Å². The molecule has 0 N–H and O–H groups in total. The quantitative estimate of drug-likeness (QED) is 0.796. The van der Waals surface area contributed by atoms with E-state index in [1.165, 1.54) is 23.6 Å². The van der Waals surface area contributed by atoms with Crippen LogP contribution in [-0.4, -0.2) is 40.6 Å². The Balaban J connectivity index is 2.42. The molecule has 1 heterocycles. The second-order valence-corrected chi connectivity index (χ2v) is 7.09. The van der Waals surface area contributed by atoms with Crippen molar-refractivity contribution in [3.8, 4) is 6.07 Å². The van der Waals surface area contributed by atoms with Crippen LogP contribution in [0.2, 0.25) is 0 Å². The maximum absolute atomic E-state index is 11.8. The van der Waals surface area contributed by atoms with E-state index in [1.54, 1.807) is 0 Å². The Morgan fingerprint density at radius 1 is 1.42 bits per heavy atom. The minimum atomic E-state index is -0.521. The van der Waals surface area contributed by atoms with Crippen LogP contribution in [0.15, 0.2) is 0 Å². The summed E-state index contributed by atoms with van der Waals surface area (Å²) >= 11 is 1.22. The van der Waals surface area contributed by atoms with Crippen molar-refractivity contribution in [1.29, 1.82) is 5.26 Å². The van der Waals surface area contributed by atoms with Gasteiger partial charge in [-0.1, -0.05) is 11.8 Å². The lowest BCUT2D eigenvalue weighted by molar-refractivity contribution is -0.109. The number of thioether (sulfide) groups is 1. The maximum Gasteiger partial charge on any atom is 0.410 e. The van der Waals surface area contributed by atoms with Crippen LogP contribution in [0.5, 0.6) is 0 Å². The van der Waals surface area contributed by atoms with Crippen LogP contribution >= 0.6 is 11.8 Å². The van der Waals surface area contributed by atoms with E-state index in [9.17, 15) is 14.9 Å². The van der Waals surface area contributed by atoms with Crippen LogP contribution in [0, 0.1) is 16.7 Å². The molecule has 1 rings (SSSR count). The molecule has 1 fully saturated rings. The number of likely N-dealkylation sites (tertiary alicyclic amines) is 1. The summed E-state index contributed by atoms with van der Waals surface area (Å²) < 4.78 is 5.24. The molecule has 5 nitrogen and oxygen atoms in total. The second kappa shape index (κ2) is 5.83. The van der Waals surface area contributed by atoms with Gasteiger partial charge in [0.2, 0.25) is 0 Å². The van der Waals surface area contributed by atoms with Crippen molar-refractivity contribution < 1.29 is 14.3 Å². The fourth-order valence-electron chi connectivity index (χ4n) is 1.81. The average Bonchev–Trinajstić information content (AvgIpc) is 2.18. The predicted octanol–water partition coefficient (Wildman–Crippen LogP) is 2.42. The number of ether oxygens (including phenoxy) is 1. The van der Waals surface area contributed by atoms with E-state index < -0.39 is 11.0 Å². The molecular weight excluding hydrogens is 264 g/mol. The monoisotopic (exact) mass is 284 g/mol. The van der Waals surface area contributed by atoms with E-state index in [-0.39, 0.29) is 11.2 Å². The fourth-order valence-corrected chi connectivity index (χ4v) is 2.60. The molecule has 0 saturated carbocycles. The Bertz CT molecular complexity index is 403. The van der Waals surface area contributed by atoms with Gasteiger partial charge < -0.3 is 9.64 Å². The molecule has 0 spiro atoms. The molecule has 6 heteroatoms. The third kappa shape index (κ3) is 4.75. The van der Waals surface area contributed by atoms with Gasteiger partial charge in [-0.25, -0.2) is 4.79 Å². The molecular formula is C13H20N2O3S. The lowest BCUT2D eigenvalue weighted by Crippen LogP contribution is -2.58. The fraction of sp³-hybridized carbons (Fsp3) is 0.769. The minimum absolute atomic E-state index is 0.0522. The number of hydrogen-bond donors (Lipinski definition) is 0. The van der Waals surface area contributed by atoms with Gasteiger partial charge in [-0.15, -0.1) is 0 Å². The number of carbonyl (C=O) groups excluding carboxylic acids is 2. The Kier molecular flexibility index (Phi) is 4.86. The summed E-state index contributed by atoms with van der Waals surface area (Å²) in [6.45, 7) is 7.72. The maximum atomic E-state index is 11.8. The van der Waals surface area contributed by atoms with Crippen molar-refractivity contribution in [1.82, 2.24) is 4.90 Å². The van der Waals surface area contributed by atoms with E-state index in [0.29, 0.717) is 25.3 Å². The highest BCUT2D eigenvalue weighted by atomic mass is 32.2. The molecule has 106 valence electrons. The van der Waals surface area contributed by atoms with Gasteiger partial charge in [-0.2, -0.15) is 5.26 Å². The SMILES string of the molecule is CC(=O)SCCC1(C#N)CN(C(=O)OC(C)(C)C)C1. The Morgan fingerprint density at radius 2 is 2.00 bits per heavy atom. The van der Waals surface area contributed by atoms with Crippen LogP contribution in [0.3, 0.4) is 0 Å². The Labute approximate surface area is 118 Å². The molecule has 19 heavy (non-hydrogen) atoms. The molecule has 0 aliphatic carbocycles. The van der Waals surface area contributed by atoms with Gasteiger partial charge in [0.15, 0.2) is 5.12 Å². The van der Waals surface area contributed by atoms with Crippen LogP contribution in [-0.2, 0) is 9.53 Å². The van der Waals surface area contributed by atoms with Crippen molar-refractivity contribution in [2.24, 2.45) is 5.41 Å². The zero-order valence-corrected chi connectivity index (χ0v) is 12.7. The zero-order valence-electron chi connectivity index (χ0n) is 11.9. The van der Waals surface area contributed by atoms with Gasteiger partial charge in [0.05, 0.1) is 11.5 Å².